The van der Waals surface area contributed by atoms with E-state index in [1.165, 1.54) is 18.4 Å². The maximum Gasteiger partial charge on any atom is 0.129 e. The van der Waals surface area contributed by atoms with Crippen LogP contribution < -0.4 is 10.1 Å². The minimum Gasteiger partial charge on any atom is -0.497 e. The first-order chi connectivity index (χ1) is 9.86. The standard InChI is InChI=1S/C15H19N3O2/c1-19-11-4-5-14-12(8-11)17-15(18(14)10-2-3-10)13-9-20-7-6-16-13/h4-5,8,10,13,16H,2-3,6-7,9H2,1H3. The second-order valence-corrected chi connectivity index (χ2v) is 5.51. The summed E-state index contributed by atoms with van der Waals surface area (Å²) in [6.45, 7) is 2.38. The van der Waals surface area contributed by atoms with Crippen LogP contribution in [0, 0.1) is 0 Å². The molecule has 1 N–H and O–H groups in total. The predicted molar refractivity (Wildman–Crippen MR) is 76.1 cm³/mol. The van der Waals surface area contributed by atoms with E-state index in [9.17, 15) is 0 Å². The lowest BCUT2D eigenvalue weighted by atomic mass is 10.2. The fourth-order valence-electron chi connectivity index (χ4n) is 2.92. The third-order valence-corrected chi connectivity index (χ3v) is 4.07. The number of nitrogens with zero attached hydrogens (tertiary/aromatic N) is 2. The van der Waals surface area contributed by atoms with E-state index >= 15 is 0 Å². The molecule has 1 aliphatic heterocycles. The molecule has 1 atom stereocenters. The Bertz CT molecular complexity index is 627. The van der Waals surface area contributed by atoms with Crippen molar-refractivity contribution in [2.24, 2.45) is 0 Å². The molecule has 2 aliphatic rings. The molecule has 1 saturated heterocycles. The molecule has 1 aliphatic carbocycles. The van der Waals surface area contributed by atoms with Gasteiger partial charge in [-0.15, -0.1) is 0 Å². The summed E-state index contributed by atoms with van der Waals surface area (Å²) in [5.41, 5.74) is 2.22. The Kier molecular flexibility index (Phi) is 2.89. The summed E-state index contributed by atoms with van der Waals surface area (Å²) in [7, 11) is 1.69. The zero-order valence-electron chi connectivity index (χ0n) is 11.6. The first kappa shape index (κ1) is 12.2. The summed E-state index contributed by atoms with van der Waals surface area (Å²) < 4.78 is 13.3. The minimum absolute atomic E-state index is 0.197. The lowest BCUT2D eigenvalue weighted by molar-refractivity contribution is 0.0732. The molecule has 0 amide bonds. The molecule has 0 spiro atoms. The second kappa shape index (κ2) is 4.75. The van der Waals surface area contributed by atoms with Crippen molar-refractivity contribution in [1.29, 1.82) is 0 Å². The smallest absolute Gasteiger partial charge is 0.129 e. The number of aromatic nitrogens is 2. The molecule has 106 valence electrons. The number of hydrogen-bond acceptors (Lipinski definition) is 4. The summed E-state index contributed by atoms with van der Waals surface area (Å²) in [6.07, 6.45) is 2.50. The van der Waals surface area contributed by atoms with Crippen LogP contribution in [0.25, 0.3) is 11.0 Å². The van der Waals surface area contributed by atoms with Crippen molar-refractivity contribution in [3.63, 3.8) is 0 Å². The Morgan fingerprint density at radius 3 is 3.00 bits per heavy atom. The third kappa shape index (κ3) is 1.98. The topological polar surface area (TPSA) is 48.3 Å². The van der Waals surface area contributed by atoms with Crippen molar-refractivity contribution >= 4 is 11.0 Å². The highest BCUT2D eigenvalue weighted by Gasteiger charge is 2.31. The van der Waals surface area contributed by atoms with E-state index in [1.807, 2.05) is 12.1 Å². The maximum absolute atomic E-state index is 5.59. The Balaban J connectivity index is 1.83. The van der Waals surface area contributed by atoms with Crippen molar-refractivity contribution in [3.05, 3.63) is 24.0 Å². The number of fused-ring (bicyclic) bond motifs is 1. The van der Waals surface area contributed by atoms with Gasteiger partial charge in [-0.1, -0.05) is 0 Å². The van der Waals surface area contributed by atoms with E-state index in [0.717, 1.165) is 30.2 Å². The zero-order chi connectivity index (χ0) is 13.5. The molecule has 1 aromatic heterocycles. The maximum atomic E-state index is 5.59. The highest BCUT2D eigenvalue weighted by atomic mass is 16.5. The van der Waals surface area contributed by atoms with Gasteiger partial charge in [0.05, 0.1) is 37.4 Å². The molecule has 2 aromatic rings. The van der Waals surface area contributed by atoms with Crippen LogP contribution in [0.2, 0.25) is 0 Å². The quantitative estimate of drug-likeness (QED) is 0.929. The minimum atomic E-state index is 0.197. The molecular weight excluding hydrogens is 254 g/mol. The molecular formula is C15H19N3O2. The average molecular weight is 273 g/mol. The summed E-state index contributed by atoms with van der Waals surface area (Å²) in [5, 5.41) is 3.51. The van der Waals surface area contributed by atoms with Crippen molar-refractivity contribution < 1.29 is 9.47 Å². The summed E-state index contributed by atoms with van der Waals surface area (Å²) in [5.74, 6) is 1.97. The SMILES string of the molecule is COc1ccc2c(c1)nc(C1COCCN1)n2C1CC1. The number of hydrogen-bond donors (Lipinski definition) is 1. The molecule has 5 heteroatoms. The number of imidazole rings is 1. The van der Waals surface area contributed by atoms with Gasteiger partial charge in [-0.2, -0.15) is 0 Å². The van der Waals surface area contributed by atoms with Gasteiger partial charge in [0.25, 0.3) is 0 Å². The predicted octanol–water partition coefficient (Wildman–Crippen LogP) is 2.04. The number of benzene rings is 1. The van der Waals surface area contributed by atoms with E-state index in [2.05, 4.69) is 16.0 Å². The highest BCUT2D eigenvalue weighted by Crippen LogP contribution is 2.40. The first-order valence-electron chi connectivity index (χ1n) is 7.24. The molecule has 20 heavy (non-hydrogen) atoms. The van der Waals surface area contributed by atoms with Gasteiger partial charge in [0.2, 0.25) is 0 Å². The third-order valence-electron chi connectivity index (χ3n) is 4.07. The van der Waals surface area contributed by atoms with Crippen LogP contribution in [0.5, 0.6) is 5.75 Å². The van der Waals surface area contributed by atoms with Gasteiger partial charge >= 0.3 is 0 Å². The van der Waals surface area contributed by atoms with Crippen molar-refractivity contribution in [1.82, 2.24) is 14.9 Å². The van der Waals surface area contributed by atoms with Gasteiger partial charge in [0, 0.05) is 18.7 Å². The first-order valence-corrected chi connectivity index (χ1v) is 7.24. The molecule has 1 aromatic carbocycles. The molecule has 2 fully saturated rings. The summed E-state index contributed by atoms with van der Waals surface area (Å²) >= 11 is 0. The van der Waals surface area contributed by atoms with Crippen LogP contribution in [0.15, 0.2) is 18.2 Å². The van der Waals surface area contributed by atoms with Crippen LogP contribution in [-0.2, 0) is 4.74 Å². The van der Waals surface area contributed by atoms with E-state index in [4.69, 9.17) is 14.5 Å². The lowest BCUT2D eigenvalue weighted by Crippen LogP contribution is -2.36. The van der Waals surface area contributed by atoms with Crippen LogP contribution in [0.1, 0.15) is 30.7 Å². The number of nitrogens with one attached hydrogen (secondary N) is 1. The number of methoxy groups -OCH3 is 1. The Hall–Kier alpha value is -1.59. The molecule has 1 saturated carbocycles. The molecule has 1 unspecified atom stereocenters. The van der Waals surface area contributed by atoms with E-state index in [0.29, 0.717) is 12.6 Å². The Morgan fingerprint density at radius 1 is 1.40 bits per heavy atom. The van der Waals surface area contributed by atoms with Gasteiger partial charge in [0.1, 0.15) is 11.6 Å². The largest absolute Gasteiger partial charge is 0.497 e. The monoisotopic (exact) mass is 273 g/mol. The number of morpholine rings is 1. The van der Waals surface area contributed by atoms with Gasteiger partial charge < -0.3 is 19.4 Å². The Labute approximate surface area is 117 Å². The van der Waals surface area contributed by atoms with Crippen LogP contribution >= 0.6 is 0 Å². The second-order valence-electron chi connectivity index (χ2n) is 5.51. The summed E-state index contributed by atoms with van der Waals surface area (Å²) in [4.78, 5) is 4.85. The average Bonchev–Trinajstić information content (AvgIpc) is 3.27. The van der Waals surface area contributed by atoms with E-state index in [-0.39, 0.29) is 6.04 Å². The molecule has 0 bridgehead atoms. The van der Waals surface area contributed by atoms with Gasteiger partial charge in [-0.25, -0.2) is 4.98 Å². The highest BCUT2D eigenvalue weighted by molar-refractivity contribution is 5.78. The van der Waals surface area contributed by atoms with Crippen molar-refractivity contribution in [2.45, 2.75) is 24.9 Å². The van der Waals surface area contributed by atoms with Crippen LogP contribution in [-0.4, -0.2) is 36.4 Å². The fraction of sp³-hybridized carbons (Fsp3) is 0.533. The zero-order valence-corrected chi connectivity index (χ0v) is 11.6. The molecule has 4 rings (SSSR count). The molecule has 0 radical (unpaired) electrons. The molecule has 5 nitrogen and oxygen atoms in total. The van der Waals surface area contributed by atoms with E-state index in [1.54, 1.807) is 7.11 Å². The Morgan fingerprint density at radius 2 is 2.30 bits per heavy atom. The van der Waals surface area contributed by atoms with E-state index < -0.39 is 0 Å². The number of ether oxygens (including phenoxy) is 2. The van der Waals surface area contributed by atoms with Crippen molar-refractivity contribution in [3.8, 4) is 5.75 Å². The van der Waals surface area contributed by atoms with Crippen molar-refractivity contribution in [2.75, 3.05) is 26.9 Å². The van der Waals surface area contributed by atoms with Gasteiger partial charge in [-0.3, -0.25) is 0 Å². The lowest BCUT2D eigenvalue weighted by Gasteiger charge is -2.24. The molecule has 2 heterocycles. The van der Waals surface area contributed by atoms with Crippen LogP contribution in [0.3, 0.4) is 0 Å². The summed E-state index contributed by atoms with van der Waals surface area (Å²) in [6, 6.07) is 6.95. The fourth-order valence-corrected chi connectivity index (χ4v) is 2.92. The van der Waals surface area contributed by atoms with Gasteiger partial charge in [-0.05, 0) is 25.0 Å². The normalized spacial score (nSPS) is 23.1. The number of rotatable bonds is 3. The van der Waals surface area contributed by atoms with Gasteiger partial charge in [0.15, 0.2) is 0 Å². The van der Waals surface area contributed by atoms with Crippen LogP contribution in [0.4, 0.5) is 0 Å².